The predicted octanol–water partition coefficient (Wildman–Crippen LogP) is 3.44. The minimum Gasteiger partial charge on any atom is -0.444 e. The van der Waals surface area contributed by atoms with Gasteiger partial charge in [-0.3, -0.25) is 4.79 Å². The van der Waals surface area contributed by atoms with Crippen LogP contribution in [0.25, 0.3) is 11.4 Å². The van der Waals surface area contributed by atoms with Gasteiger partial charge in [-0.1, -0.05) is 35.5 Å². The fourth-order valence-corrected chi connectivity index (χ4v) is 4.27. The van der Waals surface area contributed by atoms with Crippen molar-refractivity contribution in [3.05, 3.63) is 29.8 Å². The molecule has 3 rings (SSSR count). The minimum atomic E-state index is -0.521. The molecular weight excluding hydrogens is 414 g/mol. The van der Waals surface area contributed by atoms with E-state index in [9.17, 15) is 9.59 Å². The maximum absolute atomic E-state index is 12.7. The zero-order valence-electron chi connectivity index (χ0n) is 18.9. The number of piperazine rings is 1. The highest BCUT2D eigenvalue weighted by Gasteiger charge is 2.28. The molecule has 0 saturated carbocycles. The molecule has 1 aliphatic heterocycles. The molecule has 1 fully saturated rings. The molecule has 31 heavy (non-hydrogen) atoms. The Morgan fingerprint density at radius 1 is 1.10 bits per heavy atom. The molecule has 2 aromatic rings. The van der Waals surface area contributed by atoms with E-state index >= 15 is 0 Å². The van der Waals surface area contributed by atoms with Crippen molar-refractivity contribution in [2.45, 2.75) is 51.9 Å². The number of nitrogens with zero attached hydrogens (tertiary/aromatic N) is 5. The summed E-state index contributed by atoms with van der Waals surface area (Å²) in [6.07, 6.45) is -0.325. The van der Waals surface area contributed by atoms with Crippen molar-refractivity contribution in [2.75, 3.05) is 31.9 Å². The lowest BCUT2D eigenvalue weighted by molar-refractivity contribution is -0.130. The first kappa shape index (κ1) is 23.1. The van der Waals surface area contributed by atoms with Crippen LogP contribution in [0.4, 0.5) is 4.79 Å². The molecule has 0 radical (unpaired) electrons. The van der Waals surface area contributed by atoms with E-state index in [2.05, 4.69) is 16.3 Å². The lowest BCUT2D eigenvalue weighted by Crippen LogP contribution is -2.52. The smallest absolute Gasteiger partial charge is 0.410 e. The van der Waals surface area contributed by atoms with Crippen molar-refractivity contribution in [3.63, 3.8) is 0 Å². The van der Waals surface area contributed by atoms with Gasteiger partial charge in [0.2, 0.25) is 5.91 Å². The molecule has 1 aromatic heterocycles. The van der Waals surface area contributed by atoms with Crippen molar-refractivity contribution in [1.29, 1.82) is 0 Å². The molecule has 0 unspecified atom stereocenters. The normalized spacial score (nSPS) is 14.6. The van der Waals surface area contributed by atoms with Gasteiger partial charge in [-0.15, -0.1) is 10.2 Å². The van der Waals surface area contributed by atoms with Gasteiger partial charge in [0, 0.05) is 38.3 Å². The zero-order chi connectivity index (χ0) is 22.6. The summed E-state index contributed by atoms with van der Waals surface area (Å²) in [5, 5.41) is 9.41. The number of aryl methyl sites for hydroxylation is 1. The van der Waals surface area contributed by atoms with Gasteiger partial charge in [0.1, 0.15) is 5.60 Å². The van der Waals surface area contributed by atoms with Crippen LogP contribution in [0.1, 0.15) is 33.3 Å². The molecule has 1 aromatic carbocycles. The van der Waals surface area contributed by atoms with Gasteiger partial charge in [-0.2, -0.15) is 0 Å². The van der Waals surface area contributed by atoms with Gasteiger partial charge < -0.3 is 19.1 Å². The Balaban J connectivity index is 1.55. The SMILES string of the molecule is CCn1c(SCC(=O)N2CCN(C(=O)OC(C)(C)C)CC2)nnc1-c1cccc(C)c1. The third-order valence-corrected chi connectivity index (χ3v) is 5.87. The molecule has 0 atom stereocenters. The molecule has 0 bridgehead atoms. The highest BCUT2D eigenvalue weighted by atomic mass is 32.2. The second kappa shape index (κ2) is 9.72. The van der Waals surface area contributed by atoms with Crippen molar-refractivity contribution in [1.82, 2.24) is 24.6 Å². The highest BCUT2D eigenvalue weighted by molar-refractivity contribution is 7.99. The number of rotatable bonds is 5. The van der Waals surface area contributed by atoms with E-state index in [-0.39, 0.29) is 12.0 Å². The molecule has 2 amide bonds. The summed E-state index contributed by atoms with van der Waals surface area (Å²) in [4.78, 5) is 28.4. The fraction of sp³-hybridized carbons (Fsp3) is 0.545. The molecular formula is C22H31N5O3S. The van der Waals surface area contributed by atoms with Crippen molar-refractivity contribution >= 4 is 23.8 Å². The Bertz CT molecular complexity index is 929. The lowest BCUT2D eigenvalue weighted by Gasteiger charge is -2.35. The second-order valence-corrected chi connectivity index (χ2v) is 9.50. The topological polar surface area (TPSA) is 80.6 Å². The molecule has 9 heteroatoms. The predicted molar refractivity (Wildman–Crippen MR) is 121 cm³/mol. The van der Waals surface area contributed by atoms with Gasteiger partial charge in [0.05, 0.1) is 5.75 Å². The maximum Gasteiger partial charge on any atom is 0.410 e. The summed E-state index contributed by atoms with van der Waals surface area (Å²) < 4.78 is 7.45. The molecule has 8 nitrogen and oxygen atoms in total. The number of ether oxygens (including phenoxy) is 1. The maximum atomic E-state index is 12.7. The summed E-state index contributed by atoms with van der Waals surface area (Å²) in [6, 6.07) is 8.16. The molecule has 0 aliphatic carbocycles. The Hall–Kier alpha value is -2.55. The van der Waals surface area contributed by atoms with Crippen LogP contribution in [0.3, 0.4) is 0 Å². The van der Waals surface area contributed by atoms with E-state index in [0.717, 1.165) is 28.7 Å². The van der Waals surface area contributed by atoms with E-state index in [0.29, 0.717) is 31.9 Å². The zero-order valence-corrected chi connectivity index (χ0v) is 19.7. The average molecular weight is 446 g/mol. The van der Waals surface area contributed by atoms with Gasteiger partial charge in [-0.05, 0) is 40.7 Å². The Kier molecular flexibility index (Phi) is 7.25. The standard InChI is InChI=1S/C22H31N5O3S/c1-6-27-19(17-9-7-8-16(2)14-17)23-24-20(27)31-15-18(28)25-10-12-26(13-11-25)21(29)30-22(3,4)5/h7-9,14H,6,10-13,15H2,1-5H3. The third kappa shape index (κ3) is 6.00. The van der Waals surface area contributed by atoms with Crippen LogP contribution in [0.15, 0.2) is 29.4 Å². The molecule has 168 valence electrons. The first-order chi connectivity index (χ1) is 14.7. The van der Waals surface area contributed by atoms with Crippen molar-refractivity contribution in [2.24, 2.45) is 0 Å². The number of carbonyl (C=O) groups excluding carboxylic acids is 2. The summed E-state index contributed by atoms with van der Waals surface area (Å²) >= 11 is 1.40. The summed E-state index contributed by atoms with van der Waals surface area (Å²) in [5.41, 5.74) is 1.66. The number of hydrogen-bond acceptors (Lipinski definition) is 6. The minimum absolute atomic E-state index is 0.0385. The molecule has 0 spiro atoms. The van der Waals surface area contributed by atoms with E-state index in [4.69, 9.17) is 4.74 Å². The molecule has 1 aliphatic rings. The second-order valence-electron chi connectivity index (χ2n) is 8.56. The van der Waals surface area contributed by atoms with E-state index < -0.39 is 5.60 Å². The Labute approximate surface area is 187 Å². The van der Waals surface area contributed by atoms with Crippen LogP contribution in [-0.2, 0) is 16.1 Å². The first-order valence-electron chi connectivity index (χ1n) is 10.6. The summed E-state index contributed by atoms with van der Waals surface area (Å²) in [5.74, 6) is 1.14. The number of amides is 2. The number of hydrogen-bond donors (Lipinski definition) is 0. The van der Waals surface area contributed by atoms with Crippen molar-refractivity contribution < 1.29 is 14.3 Å². The van der Waals surface area contributed by atoms with Crippen LogP contribution in [-0.4, -0.2) is 74.1 Å². The highest BCUT2D eigenvalue weighted by Crippen LogP contribution is 2.25. The van der Waals surface area contributed by atoms with Crippen LogP contribution >= 0.6 is 11.8 Å². The Morgan fingerprint density at radius 3 is 2.39 bits per heavy atom. The fourth-order valence-electron chi connectivity index (χ4n) is 3.36. The van der Waals surface area contributed by atoms with Crippen LogP contribution in [0, 0.1) is 6.92 Å². The largest absolute Gasteiger partial charge is 0.444 e. The van der Waals surface area contributed by atoms with Gasteiger partial charge in [0.25, 0.3) is 0 Å². The summed E-state index contributed by atoms with van der Waals surface area (Å²) in [6.45, 7) is 12.3. The first-order valence-corrected chi connectivity index (χ1v) is 11.5. The Morgan fingerprint density at radius 2 is 1.77 bits per heavy atom. The number of benzene rings is 1. The van der Waals surface area contributed by atoms with Gasteiger partial charge in [-0.25, -0.2) is 4.79 Å². The average Bonchev–Trinajstić information content (AvgIpc) is 3.14. The van der Waals surface area contributed by atoms with E-state index in [1.165, 1.54) is 11.8 Å². The summed E-state index contributed by atoms with van der Waals surface area (Å²) in [7, 11) is 0. The van der Waals surface area contributed by atoms with Gasteiger partial charge >= 0.3 is 6.09 Å². The monoisotopic (exact) mass is 445 g/mol. The van der Waals surface area contributed by atoms with Crippen LogP contribution < -0.4 is 0 Å². The van der Waals surface area contributed by atoms with Crippen LogP contribution in [0.2, 0.25) is 0 Å². The third-order valence-electron chi connectivity index (χ3n) is 4.92. The molecule has 2 heterocycles. The van der Waals surface area contributed by atoms with Gasteiger partial charge in [0.15, 0.2) is 11.0 Å². The molecule has 1 saturated heterocycles. The van der Waals surface area contributed by atoms with E-state index in [1.54, 1.807) is 9.80 Å². The number of carbonyl (C=O) groups is 2. The number of aromatic nitrogens is 3. The molecule has 0 N–H and O–H groups in total. The number of thioether (sulfide) groups is 1. The van der Waals surface area contributed by atoms with E-state index in [1.807, 2.05) is 57.4 Å². The quantitative estimate of drug-likeness (QED) is 0.656. The lowest BCUT2D eigenvalue weighted by atomic mass is 10.1. The van der Waals surface area contributed by atoms with Crippen molar-refractivity contribution in [3.8, 4) is 11.4 Å². The van der Waals surface area contributed by atoms with Crippen LogP contribution in [0.5, 0.6) is 0 Å².